The quantitative estimate of drug-likeness (QED) is 0.815. The van der Waals surface area contributed by atoms with Gasteiger partial charge in [-0.05, 0) is 39.0 Å². The van der Waals surface area contributed by atoms with Crippen LogP contribution in [-0.2, 0) is 0 Å². The molecule has 94 valence electrons. The maximum absolute atomic E-state index is 12.2. The molecule has 2 rings (SSSR count). The molecule has 0 saturated heterocycles. The van der Waals surface area contributed by atoms with E-state index < -0.39 is 0 Å². The molecule has 0 aliphatic rings. The Kier molecular flexibility index (Phi) is 3.19. The summed E-state index contributed by atoms with van der Waals surface area (Å²) >= 11 is 0. The van der Waals surface area contributed by atoms with E-state index >= 15 is 0 Å². The lowest BCUT2D eigenvalue weighted by Crippen LogP contribution is -2.25. The topological polar surface area (TPSA) is 44.1 Å². The van der Waals surface area contributed by atoms with E-state index in [1.165, 1.54) is 4.68 Å². The average Bonchev–Trinajstić information content (AvgIpc) is 2.80. The number of carbonyl (C=O) groups excluding carboxylic acids is 1. The Morgan fingerprint density at radius 1 is 1.22 bits per heavy atom. The van der Waals surface area contributed by atoms with E-state index in [0.717, 1.165) is 0 Å². The van der Waals surface area contributed by atoms with Crippen molar-refractivity contribution in [1.82, 2.24) is 9.78 Å². The van der Waals surface area contributed by atoms with E-state index in [0.29, 0.717) is 11.3 Å². The number of hydrogen-bond donors (Lipinski definition) is 0. The van der Waals surface area contributed by atoms with Gasteiger partial charge in [-0.3, -0.25) is 4.79 Å². The Hall–Kier alpha value is -2.10. The zero-order valence-corrected chi connectivity index (χ0v) is 10.8. The van der Waals surface area contributed by atoms with Crippen LogP contribution in [0, 0.1) is 0 Å². The highest BCUT2D eigenvalue weighted by Crippen LogP contribution is 2.23. The molecule has 1 aromatic heterocycles. The summed E-state index contributed by atoms with van der Waals surface area (Å²) in [6.45, 7) is 5.84. The fourth-order valence-corrected chi connectivity index (χ4v) is 1.57. The predicted octanol–water partition coefficient (Wildman–Crippen LogP) is 2.75. The smallest absolute Gasteiger partial charge is 0.281 e. The van der Waals surface area contributed by atoms with Crippen molar-refractivity contribution in [3.8, 4) is 5.75 Å². The standard InChI is InChI=1S/C14H16N2O2/c1-14(2,3)18-12-8-5-4-7-11(12)13(17)16-10-6-9-15-16/h4-10H,1-3H3. The molecule has 0 fully saturated rings. The molecule has 0 spiro atoms. The van der Waals surface area contributed by atoms with Crippen molar-refractivity contribution in [3.63, 3.8) is 0 Å². The van der Waals surface area contributed by atoms with E-state index in [-0.39, 0.29) is 11.5 Å². The van der Waals surface area contributed by atoms with Crippen LogP contribution in [0.15, 0.2) is 42.7 Å². The van der Waals surface area contributed by atoms with Gasteiger partial charge in [0.15, 0.2) is 0 Å². The predicted molar refractivity (Wildman–Crippen MR) is 68.8 cm³/mol. The molecule has 0 N–H and O–H groups in total. The number of benzene rings is 1. The SMILES string of the molecule is CC(C)(C)Oc1ccccc1C(=O)n1cccn1. The molecule has 0 atom stereocenters. The number of nitrogens with zero attached hydrogens (tertiary/aromatic N) is 2. The Bertz CT molecular complexity index is 539. The Balaban J connectivity index is 2.36. The molecule has 0 bridgehead atoms. The van der Waals surface area contributed by atoms with Crippen molar-refractivity contribution < 1.29 is 9.53 Å². The van der Waals surface area contributed by atoms with E-state index in [1.807, 2.05) is 32.9 Å². The molecule has 0 aliphatic heterocycles. The molecule has 0 amide bonds. The van der Waals surface area contributed by atoms with E-state index in [2.05, 4.69) is 5.10 Å². The lowest BCUT2D eigenvalue weighted by molar-refractivity contribution is 0.0924. The fraction of sp³-hybridized carbons (Fsp3) is 0.286. The third-order valence-corrected chi connectivity index (χ3v) is 2.25. The van der Waals surface area contributed by atoms with Crippen molar-refractivity contribution in [2.45, 2.75) is 26.4 Å². The monoisotopic (exact) mass is 244 g/mol. The van der Waals surface area contributed by atoms with Crippen molar-refractivity contribution >= 4 is 5.91 Å². The van der Waals surface area contributed by atoms with Crippen LogP contribution >= 0.6 is 0 Å². The summed E-state index contributed by atoms with van der Waals surface area (Å²) in [6.07, 6.45) is 3.20. The van der Waals surface area contributed by atoms with Crippen LogP contribution in [0.3, 0.4) is 0 Å². The van der Waals surface area contributed by atoms with E-state index in [9.17, 15) is 4.79 Å². The van der Waals surface area contributed by atoms with Crippen molar-refractivity contribution in [1.29, 1.82) is 0 Å². The number of aromatic nitrogens is 2. The Morgan fingerprint density at radius 3 is 2.56 bits per heavy atom. The molecule has 0 saturated carbocycles. The minimum atomic E-state index is -0.347. The molecular weight excluding hydrogens is 228 g/mol. The lowest BCUT2D eigenvalue weighted by atomic mass is 10.1. The first-order valence-electron chi connectivity index (χ1n) is 5.80. The van der Waals surface area contributed by atoms with Gasteiger partial charge in [0.1, 0.15) is 11.4 Å². The lowest BCUT2D eigenvalue weighted by Gasteiger charge is -2.22. The van der Waals surface area contributed by atoms with Crippen molar-refractivity contribution in [3.05, 3.63) is 48.3 Å². The van der Waals surface area contributed by atoms with Crippen molar-refractivity contribution in [2.75, 3.05) is 0 Å². The van der Waals surface area contributed by atoms with Crippen LogP contribution < -0.4 is 4.74 Å². The van der Waals surface area contributed by atoms with Crippen LogP contribution in [0.25, 0.3) is 0 Å². The first kappa shape index (κ1) is 12.4. The maximum atomic E-state index is 12.2. The molecule has 0 aliphatic carbocycles. The summed E-state index contributed by atoms with van der Waals surface area (Å²) in [5.74, 6) is 0.380. The summed E-state index contributed by atoms with van der Waals surface area (Å²) in [5, 5.41) is 3.94. The van der Waals surface area contributed by atoms with Gasteiger partial charge in [0.25, 0.3) is 5.91 Å². The van der Waals surface area contributed by atoms with Gasteiger partial charge < -0.3 is 4.74 Å². The second kappa shape index (κ2) is 4.64. The number of hydrogen-bond acceptors (Lipinski definition) is 3. The normalized spacial score (nSPS) is 11.3. The molecule has 0 unspecified atom stereocenters. The van der Waals surface area contributed by atoms with Crippen molar-refractivity contribution in [2.24, 2.45) is 0 Å². The first-order valence-corrected chi connectivity index (χ1v) is 5.80. The van der Waals surface area contributed by atoms with Gasteiger partial charge in [-0.15, -0.1) is 0 Å². The summed E-state index contributed by atoms with van der Waals surface area (Å²) in [4.78, 5) is 12.2. The second-order valence-corrected chi connectivity index (χ2v) is 4.97. The van der Waals surface area contributed by atoms with Crippen LogP contribution in [0.5, 0.6) is 5.75 Å². The second-order valence-electron chi connectivity index (χ2n) is 4.97. The summed E-state index contributed by atoms with van der Waals surface area (Å²) in [5.41, 5.74) is 0.164. The molecular formula is C14H16N2O2. The molecule has 18 heavy (non-hydrogen) atoms. The fourth-order valence-electron chi connectivity index (χ4n) is 1.57. The first-order chi connectivity index (χ1) is 8.47. The van der Waals surface area contributed by atoms with Crippen LogP contribution in [0.2, 0.25) is 0 Å². The highest BCUT2D eigenvalue weighted by molar-refractivity contribution is 5.97. The van der Waals surface area contributed by atoms with E-state index in [1.54, 1.807) is 30.6 Å². The van der Waals surface area contributed by atoms with Crippen LogP contribution in [0.4, 0.5) is 0 Å². The van der Waals surface area contributed by atoms with Crippen LogP contribution in [0.1, 0.15) is 31.1 Å². The number of ether oxygens (including phenoxy) is 1. The van der Waals surface area contributed by atoms with Gasteiger partial charge in [0.05, 0.1) is 5.56 Å². The molecule has 0 radical (unpaired) electrons. The summed E-state index contributed by atoms with van der Waals surface area (Å²) in [7, 11) is 0. The molecule has 2 aromatic rings. The van der Waals surface area contributed by atoms with Gasteiger partial charge in [-0.25, -0.2) is 4.68 Å². The van der Waals surface area contributed by atoms with Crippen LogP contribution in [-0.4, -0.2) is 21.3 Å². The van der Waals surface area contributed by atoms with Gasteiger partial charge >= 0.3 is 0 Å². The summed E-state index contributed by atoms with van der Waals surface area (Å²) < 4.78 is 7.09. The zero-order valence-electron chi connectivity index (χ0n) is 10.8. The van der Waals surface area contributed by atoms with E-state index in [4.69, 9.17) is 4.74 Å². The van der Waals surface area contributed by atoms with Gasteiger partial charge in [-0.2, -0.15) is 5.10 Å². The third kappa shape index (κ3) is 2.77. The number of carbonyl (C=O) groups is 1. The Morgan fingerprint density at radius 2 is 1.94 bits per heavy atom. The van der Waals surface area contributed by atoms with Gasteiger partial charge in [0, 0.05) is 12.4 Å². The largest absolute Gasteiger partial charge is 0.487 e. The van der Waals surface area contributed by atoms with Gasteiger partial charge in [0.2, 0.25) is 0 Å². The average molecular weight is 244 g/mol. The Labute approximate surface area is 106 Å². The molecule has 1 aromatic carbocycles. The van der Waals surface area contributed by atoms with Gasteiger partial charge in [-0.1, -0.05) is 12.1 Å². The minimum absolute atomic E-state index is 0.195. The molecule has 4 heteroatoms. The highest BCUT2D eigenvalue weighted by Gasteiger charge is 2.19. The third-order valence-electron chi connectivity index (χ3n) is 2.25. The molecule has 1 heterocycles. The maximum Gasteiger partial charge on any atom is 0.281 e. The highest BCUT2D eigenvalue weighted by atomic mass is 16.5. The minimum Gasteiger partial charge on any atom is -0.487 e. The molecule has 4 nitrogen and oxygen atoms in total. The number of para-hydroxylation sites is 1. The zero-order chi connectivity index (χ0) is 13.2. The number of rotatable bonds is 2. The summed E-state index contributed by atoms with van der Waals surface area (Å²) in [6, 6.07) is 8.91.